The van der Waals surface area contributed by atoms with Crippen LogP contribution in [0.15, 0.2) is 54.1 Å². The molecule has 0 bridgehead atoms. The monoisotopic (exact) mass is 421 g/mol. The van der Waals surface area contributed by atoms with E-state index in [4.69, 9.17) is 4.74 Å². The van der Waals surface area contributed by atoms with E-state index in [0.717, 1.165) is 62.4 Å². The van der Waals surface area contributed by atoms with Crippen molar-refractivity contribution < 1.29 is 14.6 Å². The van der Waals surface area contributed by atoms with Gasteiger partial charge in [0.25, 0.3) is 5.91 Å². The number of piperazine rings is 1. The Morgan fingerprint density at radius 2 is 1.87 bits per heavy atom. The second-order valence-corrected chi connectivity index (χ2v) is 8.12. The lowest BCUT2D eigenvalue weighted by Crippen LogP contribution is -2.46. The minimum atomic E-state index is -0.0340. The summed E-state index contributed by atoms with van der Waals surface area (Å²) in [6, 6.07) is 15.9. The summed E-state index contributed by atoms with van der Waals surface area (Å²) in [6.07, 6.45) is 3.96. The molecule has 6 heteroatoms. The van der Waals surface area contributed by atoms with Crippen molar-refractivity contribution in [3.05, 3.63) is 65.2 Å². The number of unbranched alkanes of at least 4 members (excludes halogenated alkanes) is 1. The lowest BCUT2D eigenvalue weighted by Gasteiger charge is -2.36. The number of rotatable bonds is 8. The molecule has 0 radical (unpaired) electrons. The third kappa shape index (κ3) is 5.66. The summed E-state index contributed by atoms with van der Waals surface area (Å²) >= 11 is 0. The molecule has 2 aromatic carbocycles. The van der Waals surface area contributed by atoms with E-state index in [2.05, 4.69) is 27.2 Å². The van der Waals surface area contributed by atoms with Crippen molar-refractivity contribution in [2.45, 2.75) is 19.4 Å². The number of amides is 1. The van der Waals surface area contributed by atoms with Gasteiger partial charge in [-0.1, -0.05) is 30.3 Å². The zero-order valence-corrected chi connectivity index (χ0v) is 17.9. The Labute approximate surface area is 184 Å². The summed E-state index contributed by atoms with van der Waals surface area (Å²) < 4.78 is 5.67. The van der Waals surface area contributed by atoms with Crippen LogP contribution < -0.4 is 15.0 Å². The van der Waals surface area contributed by atoms with Gasteiger partial charge in [-0.2, -0.15) is 0 Å². The van der Waals surface area contributed by atoms with Crippen LogP contribution in [0.3, 0.4) is 0 Å². The highest BCUT2D eigenvalue weighted by atomic mass is 16.5. The van der Waals surface area contributed by atoms with E-state index in [-0.39, 0.29) is 12.5 Å². The number of ether oxygens (including phenoxy) is 1. The average molecular weight is 422 g/mol. The molecule has 2 N–H and O–H groups in total. The highest BCUT2D eigenvalue weighted by Gasteiger charge is 2.18. The van der Waals surface area contributed by atoms with Gasteiger partial charge in [0.15, 0.2) is 0 Å². The number of carbonyl (C=O) groups is 1. The second-order valence-electron chi connectivity index (χ2n) is 8.12. The van der Waals surface area contributed by atoms with E-state index in [1.54, 1.807) is 0 Å². The van der Waals surface area contributed by atoms with Crippen LogP contribution >= 0.6 is 0 Å². The van der Waals surface area contributed by atoms with E-state index in [0.29, 0.717) is 18.7 Å². The average Bonchev–Trinajstić information content (AvgIpc) is 2.84. The Balaban J connectivity index is 1.13. The number of nitrogens with zero attached hydrogens (tertiary/aromatic N) is 2. The van der Waals surface area contributed by atoms with Gasteiger partial charge >= 0.3 is 0 Å². The first-order valence-corrected chi connectivity index (χ1v) is 11.1. The van der Waals surface area contributed by atoms with Gasteiger partial charge < -0.3 is 20.1 Å². The molecule has 0 spiro atoms. The maximum atomic E-state index is 12.4. The molecular weight excluding hydrogens is 390 g/mol. The van der Waals surface area contributed by atoms with Crippen LogP contribution in [0, 0.1) is 0 Å². The van der Waals surface area contributed by atoms with Crippen molar-refractivity contribution in [2.24, 2.45) is 0 Å². The molecule has 6 nitrogen and oxygen atoms in total. The van der Waals surface area contributed by atoms with Crippen molar-refractivity contribution >= 4 is 17.7 Å². The van der Waals surface area contributed by atoms with Gasteiger partial charge in [0.1, 0.15) is 12.4 Å². The van der Waals surface area contributed by atoms with Gasteiger partial charge in [-0.25, -0.2) is 0 Å². The lowest BCUT2D eigenvalue weighted by molar-refractivity contribution is -0.117. The molecule has 0 atom stereocenters. The molecule has 2 aliphatic rings. The molecule has 2 heterocycles. The van der Waals surface area contributed by atoms with E-state index < -0.39 is 0 Å². The second kappa shape index (κ2) is 10.5. The van der Waals surface area contributed by atoms with Crippen LogP contribution in [0.5, 0.6) is 5.75 Å². The summed E-state index contributed by atoms with van der Waals surface area (Å²) in [4.78, 5) is 17.3. The first-order chi connectivity index (χ1) is 15.2. The molecule has 0 saturated carbocycles. The van der Waals surface area contributed by atoms with Gasteiger partial charge in [-0.15, -0.1) is 0 Å². The number of para-hydroxylation sites is 1. The smallest absolute Gasteiger partial charge is 0.250 e. The van der Waals surface area contributed by atoms with Gasteiger partial charge in [-0.05, 0) is 49.2 Å². The number of benzene rings is 2. The number of nitrogens with one attached hydrogen (secondary N) is 1. The lowest BCUT2D eigenvalue weighted by atomic mass is 10.1. The molecule has 31 heavy (non-hydrogen) atoms. The Bertz CT molecular complexity index is 920. The van der Waals surface area contributed by atoms with Crippen molar-refractivity contribution in [2.75, 3.05) is 50.8 Å². The number of aliphatic hydroxyl groups is 1. The van der Waals surface area contributed by atoms with Crippen molar-refractivity contribution in [3.8, 4) is 5.75 Å². The standard InChI is InChI=1S/C25H31N3O3/c29-18-20-6-5-8-23(16-20)28-14-12-27(13-15-28)11-4-3-10-26-25(30)22-17-21-7-1-2-9-24(21)31-19-22/h1-2,5-9,16-17,29H,3-4,10-15,18-19H2,(H,26,30). The van der Waals surface area contributed by atoms with Crippen LogP contribution in [-0.2, 0) is 11.4 Å². The van der Waals surface area contributed by atoms with Gasteiger partial charge in [0.05, 0.1) is 12.2 Å². The van der Waals surface area contributed by atoms with Crippen molar-refractivity contribution in [1.29, 1.82) is 0 Å². The molecule has 1 fully saturated rings. The van der Waals surface area contributed by atoms with Gasteiger partial charge in [0, 0.05) is 44.0 Å². The van der Waals surface area contributed by atoms with Crippen molar-refractivity contribution in [1.82, 2.24) is 10.2 Å². The predicted molar refractivity (Wildman–Crippen MR) is 123 cm³/mol. The zero-order chi connectivity index (χ0) is 21.5. The topological polar surface area (TPSA) is 65.0 Å². The summed E-state index contributed by atoms with van der Waals surface area (Å²) in [6.45, 7) is 6.24. The first-order valence-electron chi connectivity index (χ1n) is 11.1. The van der Waals surface area contributed by atoms with Gasteiger partial charge in [0.2, 0.25) is 0 Å². The first kappa shape index (κ1) is 21.4. The summed E-state index contributed by atoms with van der Waals surface area (Å²) in [5.74, 6) is 0.800. The maximum absolute atomic E-state index is 12.4. The molecule has 0 aliphatic carbocycles. The van der Waals surface area contributed by atoms with Crippen molar-refractivity contribution in [3.63, 3.8) is 0 Å². The van der Waals surface area contributed by atoms with Gasteiger partial charge in [-0.3, -0.25) is 9.69 Å². The Morgan fingerprint density at radius 1 is 1.03 bits per heavy atom. The minimum absolute atomic E-state index is 0.0340. The number of hydrogen-bond donors (Lipinski definition) is 2. The van der Waals surface area contributed by atoms with Crippen LogP contribution in [-0.4, -0.2) is 61.8 Å². The number of aliphatic hydroxyl groups excluding tert-OH is 1. The summed E-state index contributed by atoms with van der Waals surface area (Å²) in [5, 5.41) is 12.4. The van der Waals surface area contributed by atoms with Crippen LogP contribution in [0.2, 0.25) is 0 Å². The highest BCUT2D eigenvalue weighted by Crippen LogP contribution is 2.25. The quantitative estimate of drug-likeness (QED) is 0.642. The fraction of sp³-hybridized carbons (Fsp3) is 0.400. The summed E-state index contributed by atoms with van der Waals surface area (Å²) in [5.41, 5.74) is 3.79. The molecule has 1 amide bonds. The third-order valence-electron chi connectivity index (χ3n) is 5.94. The SMILES string of the molecule is O=C(NCCCCN1CCN(c2cccc(CO)c2)CC1)C1=Cc2ccccc2OC1. The Morgan fingerprint density at radius 3 is 2.71 bits per heavy atom. The van der Waals surface area contributed by atoms with E-state index in [1.165, 1.54) is 5.69 Å². The number of hydrogen-bond acceptors (Lipinski definition) is 5. The third-order valence-corrected chi connectivity index (χ3v) is 5.94. The van der Waals surface area contributed by atoms with Crippen LogP contribution in [0.1, 0.15) is 24.0 Å². The Hall–Kier alpha value is -2.83. The molecule has 4 rings (SSSR count). The molecule has 2 aromatic rings. The molecule has 2 aliphatic heterocycles. The summed E-state index contributed by atoms with van der Waals surface area (Å²) in [7, 11) is 0. The van der Waals surface area contributed by atoms with E-state index >= 15 is 0 Å². The molecule has 1 saturated heterocycles. The van der Waals surface area contributed by atoms with E-state index in [1.807, 2.05) is 42.5 Å². The fourth-order valence-corrected chi connectivity index (χ4v) is 4.10. The Kier molecular flexibility index (Phi) is 7.22. The molecule has 164 valence electrons. The molecule has 0 aromatic heterocycles. The molecular formula is C25H31N3O3. The molecule has 0 unspecified atom stereocenters. The maximum Gasteiger partial charge on any atom is 0.250 e. The fourth-order valence-electron chi connectivity index (χ4n) is 4.10. The predicted octanol–water partition coefficient (Wildman–Crippen LogP) is 2.67. The largest absolute Gasteiger partial charge is 0.488 e. The minimum Gasteiger partial charge on any atom is -0.488 e. The number of anilines is 1. The number of carbonyl (C=O) groups excluding carboxylic acids is 1. The normalized spacial score (nSPS) is 16.3. The highest BCUT2D eigenvalue weighted by molar-refractivity contribution is 5.99. The van der Waals surface area contributed by atoms with Crippen LogP contribution in [0.4, 0.5) is 5.69 Å². The van der Waals surface area contributed by atoms with E-state index in [9.17, 15) is 9.90 Å². The zero-order valence-electron chi connectivity index (χ0n) is 17.9. The van der Waals surface area contributed by atoms with Crippen LogP contribution in [0.25, 0.3) is 6.08 Å². The number of fused-ring (bicyclic) bond motifs is 1.